The summed E-state index contributed by atoms with van der Waals surface area (Å²) in [6.07, 6.45) is 8.89. The molecule has 0 radical (unpaired) electrons. The zero-order chi connectivity index (χ0) is 43.4. The topological polar surface area (TPSA) is 159 Å². The molecule has 0 saturated carbocycles. The van der Waals surface area contributed by atoms with E-state index in [0.717, 1.165) is 53.6 Å². The molecule has 1 unspecified atom stereocenters. The number of carbonyl (C=O) groups excluding carboxylic acids is 4. The number of amides is 4. The Labute approximate surface area is 354 Å². The number of aromatic nitrogens is 3. The number of imide groups is 1. The predicted octanol–water partition coefficient (Wildman–Crippen LogP) is 6.87. The van der Waals surface area contributed by atoms with Gasteiger partial charge in [-0.3, -0.25) is 24.1 Å². The molecule has 6 rings (SSSR count). The fourth-order valence-electron chi connectivity index (χ4n) is 6.84. The van der Waals surface area contributed by atoms with Gasteiger partial charge in [0.25, 0.3) is 17.7 Å². The summed E-state index contributed by atoms with van der Waals surface area (Å²) in [4.78, 5) is 65.5. The minimum absolute atomic E-state index is 0.0170. The van der Waals surface area contributed by atoms with Gasteiger partial charge in [0.1, 0.15) is 11.6 Å². The van der Waals surface area contributed by atoms with Crippen LogP contribution in [0.4, 0.5) is 33.3 Å². The number of carbonyl (C=O) groups is 4. The van der Waals surface area contributed by atoms with Gasteiger partial charge in [-0.25, -0.2) is 9.29 Å². The van der Waals surface area contributed by atoms with Crippen LogP contribution in [0.15, 0.2) is 41.5 Å². The van der Waals surface area contributed by atoms with E-state index in [0.29, 0.717) is 42.5 Å². The number of rotatable bonds is 12. The lowest BCUT2D eigenvalue weighted by atomic mass is 9.93. The third-order valence-corrected chi connectivity index (χ3v) is 9.79. The molecular weight excluding hydrogens is 802 g/mol. The molecular formula is C42H51Cl2FN8O6. The second-order valence-electron chi connectivity index (χ2n) is 14.1. The smallest absolute Gasteiger partial charge is 0.265 e. The van der Waals surface area contributed by atoms with Gasteiger partial charge in [-0.05, 0) is 95.5 Å². The highest BCUT2D eigenvalue weighted by atomic mass is 35.5. The van der Waals surface area contributed by atoms with Gasteiger partial charge in [0, 0.05) is 36.9 Å². The Balaban J connectivity index is 0.000000206. The summed E-state index contributed by atoms with van der Waals surface area (Å²) < 4.78 is 25.1. The highest BCUT2D eigenvalue weighted by Crippen LogP contribution is 2.42. The molecule has 2 aliphatic heterocycles. The summed E-state index contributed by atoms with van der Waals surface area (Å²) in [6.45, 7) is 13.0. The third-order valence-electron chi connectivity index (χ3n) is 9.39. The zero-order valence-corrected chi connectivity index (χ0v) is 36.0. The fraction of sp³-hybridized carbons (Fsp3) is 0.452. The van der Waals surface area contributed by atoms with Gasteiger partial charge in [0.2, 0.25) is 23.1 Å². The highest BCUT2D eigenvalue weighted by Gasteiger charge is 2.41. The number of para-hydroxylation sites is 1. The van der Waals surface area contributed by atoms with E-state index in [1.807, 2.05) is 46.8 Å². The van der Waals surface area contributed by atoms with Crippen LogP contribution in [-0.4, -0.2) is 90.0 Å². The molecule has 0 saturated heterocycles. The number of aryl methyl sites for hydroxylation is 2. The van der Waals surface area contributed by atoms with E-state index in [4.69, 9.17) is 39.1 Å². The van der Waals surface area contributed by atoms with Crippen molar-refractivity contribution in [2.45, 2.75) is 85.7 Å². The van der Waals surface area contributed by atoms with Crippen molar-refractivity contribution >= 4 is 75.8 Å². The van der Waals surface area contributed by atoms with Gasteiger partial charge in [0.15, 0.2) is 12.4 Å². The van der Waals surface area contributed by atoms with Crippen LogP contribution in [0.2, 0.25) is 5.28 Å². The van der Waals surface area contributed by atoms with Crippen LogP contribution < -0.4 is 30.1 Å². The van der Waals surface area contributed by atoms with E-state index in [1.165, 1.54) is 11.0 Å². The molecule has 0 bridgehead atoms. The number of anilines is 5. The Morgan fingerprint density at radius 2 is 1.71 bits per heavy atom. The van der Waals surface area contributed by atoms with Crippen molar-refractivity contribution in [1.29, 1.82) is 0 Å². The van der Waals surface area contributed by atoms with E-state index in [2.05, 4.69) is 44.5 Å². The van der Waals surface area contributed by atoms with Crippen molar-refractivity contribution in [3.8, 4) is 18.1 Å². The number of alkyl halides is 1. The molecule has 0 spiro atoms. The van der Waals surface area contributed by atoms with Gasteiger partial charge in [-0.1, -0.05) is 31.0 Å². The molecule has 4 amide bonds. The summed E-state index contributed by atoms with van der Waals surface area (Å²) in [6, 6.07) is 8.68. The summed E-state index contributed by atoms with van der Waals surface area (Å²) in [5, 5.41) is 6.23. The van der Waals surface area contributed by atoms with Crippen LogP contribution in [0, 0.1) is 25.1 Å². The van der Waals surface area contributed by atoms with Gasteiger partial charge < -0.3 is 25.0 Å². The summed E-state index contributed by atoms with van der Waals surface area (Å²) in [5.41, 5.74) is 4.20. The highest BCUT2D eigenvalue weighted by molar-refractivity contribution is 6.33. The molecule has 17 heteroatoms. The lowest BCUT2D eigenvalue weighted by molar-refractivity contribution is -0.121. The average Bonchev–Trinajstić information content (AvgIpc) is 3.45. The van der Waals surface area contributed by atoms with Crippen LogP contribution in [0.3, 0.4) is 0 Å². The second-order valence-corrected chi connectivity index (χ2v) is 14.7. The zero-order valence-electron chi connectivity index (χ0n) is 34.5. The SMILES string of the molecule is C#CCN1C(=O)COc2cc(F)c(N3C(=O)C4=C(CCCC4)C3=O)cc21.CCNc1nc(Cl)nc(NC(C)C)n1.CCc1cccc(C)c1N(C(=O)CCl)C(C)COC. The quantitative estimate of drug-likeness (QED) is 0.111. The van der Waals surface area contributed by atoms with E-state index in [1.54, 1.807) is 12.0 Å². The van der Waals surface area contributed by atoms with E-state index in [9.17, 15) is 23.6 Å². The number of fused-ring (bicyclic) bond motifs is 1. The minimum atomic E-state index is -0.764. The molecule has 1 aromatic heterocycles. The Morgan fingerprint density at radius 3 is 2.29 bits per heavy atom. The first-order valence-electron chi connectivity index (χ1n) is 19.4. The van der Waals surface area contributed by atoms with Gasteiger partial charge in [0.05, 0.1) is 36.3 Å². The minimum Gasteiger partial charge on any atom is -0.481 e. The summed E-state index contributed by atoms with van der Waals surface area (Å²) in [7, 11) is 1.64. The standard InChI is InChI=1S/C19H15FN2O4.C15H22ClNO2.C8H14ClN5/c1-2-7-21-15-9-14(13(20)8-16(15)26-10-17(21)23)22-18(24)11-5-3-4-6-12(11)19(22)25;1-5-13-8-6-7-11(2)15(13)17(14(18)9-16)12(3)10-19-4;1-4-10-7-12-6(9)13-8(14-7)11-5(2)3/h1,8-9H,3-7,10H2;6-8,12H,5,9-10H2,1-4H3;5H,4H2,1-3H3,(H2,10,11,12,13,14). The van der Waals surface area contributed by atoms with E-state index >= 15 is 0 Å². The molecule has 1 aliphatic carbocycles. The number of methoxy groups -OCH3 is 1. The first-order valence-corrected chi connectivity index (χ1v) is 20.3. The lowest BCUT2D eigenvalue weighted by Gasteiger charge is -2.31. The monoisotopic (exact) mass is 852 g/mol. The molecule has 1 atom stereocenters. The maximum atomic E-state index is 14.7. The number of nitrogens with one attached hydrogen (secondary N) is 2. The van der Waals surface area contributed by atoms with Crippen molar-refractivity contribution in [2.75, 3.05) is 64.6 Å². The maximum Gasteiger partial charge on any atom is 0.265 e. The van der Waals surface area contributed by atoms with Gasteiger partial charge in [-0.15, -0.1) is 18.0 Å². The Hall–Kier alpha value is -5.30. The van der Waals surface area contributed by atoms with Crippen LogP contribution in [0.25, 0.3) is 0 Å². The molecule has 0 fully saturated rings. The first-order chi connectivity index (χ1) is 28.2. The second kappa shape index (κ2) is 21.6. The number of benzene rings is 2. The number of terminal acetylenes is 1. The Bertz CT molecular complexity index is 2080. The van der Waals surface area contributed by atoms with Crippen molar-refractivity contribution in [1.82, 2.24) is 15.0 Å². The Morgan fingerprint density at radius 1 is 1.05 bits per heavy atom. The molecule has 316 valence electrons. The summed E-state index contributed by atoms with van der Waals surface area (Å²) in [5.74, 6) is 1.29. The Kier molecular flexibility index (Phi) is 17.0. The largest absolute Gasteiger partial charge is 0.481 e. The molecule has 3 heterocycles. The normalized spacial score (nSPS) is 14.9. The number of hydrogen-bond acceptors (Lipinski definition) is 11. The molecule has 2 aromatic carbocycles. The number of nitrogens with zero attached hydrogens (tertiary/aromatic N) is 6. The summed E-state index contributed by atoms with van der Waals surface area (Å²) >= 11 is 11.5. The molecule has 3 aromatic rings. The van der Waals surface area contributed by atoms with Gasteiger partial charge in [-0.2, -0.15) is 15.0 Å². The van der Waals surface area contributed by atoms with Crippen molar-refractivity contribution in [3.63, 3.8) is 0 Å². The fourth-order valence-corrected chi connectivity index (χ4v) is 7.12. The third kappa shape index (κ3) is 11.3. The van der Waals surface area contributed by atoms with Crippen molar-refractivity contribution < 1.29 is 33.0 Å². The van der Waals surface area contributed by atoms with Crippen LogP contribution in [0.5, 0.6) is 5.75 Å². The number of halogens is 3. The average molecular weight is 854 g/mol. The van der Waals surface area contributed by atoms with Crippen molar-refractivity contribution in [3.05, 3.63) is 63.7 Å². The van der Waals surface area contributed by atoms with Crippen LogP contribution >= 0.6 is 23.2 Å². The van der Waals surface area contributed by atoms with E-state index in [-0.39, 0.29) is 65.3 Å². The molecule has 3 aliphatic rings. The van der Waals surface area contributed by atoms with Gasteiger partial charge >= 0.3 is 0 Å². The van der Waals surface area contributed by atoms with Crippen LogP contribution in [0.1, 0.15) is 71.4 Å². The maximum absolute atomic E-state index is 14.7. The lowest BCUT2D eigenvalue weighted by Crippen LogP contribution is -2.43. The number of hydrogen-bond donors (Lipinski definition) is 2. The van der Waals surface area contributed by atoms with Crippen LogP contribution in [-0.2, 0) is 30.3 Å². The molecule has 14 nitrogen and oxygen atoms in total. The van der Waals surface area contributed by atoms with E-state index < -0.39 is 17.6 Å². The predicted molar refractivity (Wildman–Crippen MR) is 229 cm³/mol. The van der Waals surface area contributed by atoms with Crippen molar-refractivity contribution in [2.24, 2.45) is 0 Å². The molecule has 59 heavy (non-hydrogen) atoms. The number of ether oxygens (including phenoxy) is 2. The first kappa shape index (κ1) is 46.4. The molecule has 2 N–H and O–H groups in total.